The molecule has 1 saturated heterocycles. The molecule has 5 heteroatoms. The van der Waals surface area contributed by atoms with Crippen LogP contribution in [0.2, 0.25) is 0 Å². The van der Waals surface area contributed by atoms with E-state index >= 15 is 0 Å². The molecule has 1 aromatic rings. The fourth-order valence-electron chi connectivity index (χ4n) is 2.61. The maximum atomic E-state index is 13.6. The smallest absolute Gasteiger partial charge is 0.128 e. The van der Waals surface area contributed by atoms with Gasteiger partial charge in [0.2, 0.25) is 0 Å². The van der Waals surface area contributed by atoms with E-state index in [0.29, 0.717) is 0 Å². The van der Waals surface area contributed by atoms with Crippen LogP contribution in [-0.4, -0.2) is 24.9 Å². The van der Waals surface area contributed by atoms with Crippen LogP contribution < -0.4 is 5.73 Å². The van der Waals surface area contributed by atoms with Crippen LogP contribution in [0.3, 0.4) is 0 Å². The van der Waals surface area contributed by atoms with Crippen LogP contribution >= 0.6 is 0 Å². The van der Waals surface area contributed by atoms with Crippen molar-refractivity contribution in [1.29, 1.82) is 0 Å². The van der Waals surface area contributed by atoms with E-state index in [1.54, 1.807) is 0 Å². The lowest BCUT2D eigenvalue weighted by Gasteiger charge is -2.32. The summed E-state index contributed by atoms with van der Waals surface area (Å²) in [6.07, 6.45) is 1.93. The van der Waals surface area contributed by atoms with Gasteiger partial charge in [0.1, 0.15) is 11.6 Å². The van der Waals surface area contributed by atoms with Crippen molar-refractivity contribution >= 4 is 0 Å². The molecule has 20 heavy (non-hydrogen) atoms. The van der Waals surface area contributed by atoms with E-state index in [0.717, 1.165) is 31.0 Å². The van der Waals surface area contributed by atoms with Crippen molar-refractivity contribution in [3.05, 3.63) is 35.4 Å². The Kier molecular flexibility index (Phi) is 5.07. The predicted octanol–water partition coefficient (Wildman–Crippen LogP) is 2.94. The van der Waals surface area contributed by atoms with Crippen LogP contribution in [0.15, 0.2) is 18.2 Å². The van der Waals surface area contributed by atoms with Crippen molar-refractivity contribution in [3.63, 3.8) is 0 Å². The van der Waals surface area contributed by atoms with E-state index < -0.39 is 17.7 Å². The molecule has 1 aliphatic heterocycles. The van der Waals surface area contributed by atoms with Crippen molar-refractivity contribution in [3.8, 4) is 0 Å². The second-order valence-corrected chi connectivity index (χ2v) is 5.46. The number of halogens is 2. The number of rotatable bonds is 4. The van der Waals surface area contributed by atoms with Gasteiger partial charge in [0.05, 0.1) is 31.0 Å². The zero-order valence-corrected chi connectivity index (χ0v) is 11.8. The molecule has 0 aliphatic carbocycles. The van der Waals surface area contributed by atoms with Crippen LogP contribution in [0.4, 0.5) is 8.78 Å². The van der Waals surface area contributed by atoms with Crippen LogP contribution in [0.5, 0.6) is 0 Å². The molecule has 0 spiro atoms. The zero-order valence-electron chi connectivity index (χ0n) is 11.8. The van der Waals surface area contributed by atoms with Crippen molar-refractivity contribution < 1.29 is 18.3 Å². The first kappa shape index (κ1) is 15.4. The molecule has 3 atom stereocenters. The van der Waals surface area contributed by atoms with Gasteiger partial charge in [0.15, 0.2) is 0 Å². The lowest BCUT2D eigenvalue weighted by atomic mass is 10.0. The van der Waals surface area contributed by atoms with Crippen LogP contribution in [-0.2, 0) is 9.47 Å². The van der Waals surface area contributed by atoms with Gasteiger partial charge in [-0.3, -0.25) is 0 Å². The average molecular weight is 285 g/mol. The standard InChI is InChI=1S/C15H21F2NO2/c1-9-5-12(6-10(2)20-9)19-8-15(18)13-7-11(16)3-4-14(13)17/h3-4,7,9-10,12,15H,5-6,8,18H2,1-2H3. The Morgan fingerprint density at radius 1 is 1.30 bits per heavy atom. The third-order valence-electron chi connectivity index (χ3n) is 3.52. The Morgan fingerprint density at radius 2 is 1.95 bits per heavy atom. The number of ether oxygens (including phenoxy) is 2. The molecule has 0 amide bonds. The fourth-order valence-corrected chi connectivity index (χ4v) is 2.61. The Labute approximate surface area is 118 Å². The Bertz CT molecular complexity index is 445. The number of benzene rings is 1. The maximum Gasteiger partial charge on any atom is 0.128 e. The molecule has 2 N–H and O–H groups in total. The average Bonchev–Trinajstić information content (AvgIpc) is 2.38. The van der Waals surface area contributed by atoms with Gasteiger partial charge in [-0.05, 0) is 44.9 Å². The predicted molar refractivity (Wildman–Crippen MR) is 72.3 cm³/mol. The quantitative estimate of drug-likeness (QED) is 0.925. The molecule has 112 valence electrons. The summed E-state index contributed by atoms with van der Waals surface area (Å²) < 4.78 is 38.1. The molecule has 2 rings (SSSR count). The van der Waals surface area contributed by atoms with Gasteiger partial charge in [-0.1, -0.05) is 0 Å². The van der Waals surface area contributed by atoms with Gasteiger partial charge in [0.25, 0.3) is 0 Å². The van der Waals surface area contributed by atoms with Crippen molar-refractivity contribution in [2.75, 3.05) is 6.61 Å². The molecule has 0 aromatic heterocycles. The van der Waals surface area contributed by atoms with Crippen LogP contribution in [0.1, 0.15) is 38.3 Å². The molecular weight excluding hydrogens is 264 g/mol. The lowest BCUT2D eigenvalue weighted by Crippen LogP contribution is -2.35. The SMILES string of the molecule is CC1CC(OCC(N)c2cc(F)ccc2F)CC(C)O1. The first-order chi connectivity index (χ1) is 9.45. The molecule has 0 saturated carbocycles. The van der Waals surface area contributed by atoms with E-state index in [9.17, 15) is 8.78 Å². The summed E-state index contributed by atoms with van der Waals surface area (Å²) in [4.78, 5) is 0. The minimum absolute atomic E-state index is 0.0522. The maximum absolute atomic E-state index is 13.6. The molecule has 0 radical (unpaired) electrons. The third-order valence-corrected chi connectivity index (χ3v) is 3.52. The minimum atomic E-state index is -0.667. The first-order valence-corrected chi connectivity index (χ1v) is 6.93. The second-order valence-electron chi connectivity index (χ2n) is 5.46. The number of hydrogen-bond donors (Lipinski definition) is 1. The normalized spacial score (nSPS) is 28.4. The highest BCUT2D eigenvalue weighted by Gasteiger charge is 2.25. The minimum Gasteiger partial charge on any atom is -0.376 e. The summed E-state index contributed by atoms with van der Waals surface area (Å²) in [6, 6.07) is 2.62. The number of nitrogens with two attached hydrogens (primary N) is 1. The summed E-state index contributed by atoms with van der Waals surface area (Å²) in [5.41, 5.74) is 6.04. The molecule has 1 heterocycles. The topological polar surface area (TPSA) is 44.5 Å². The van der Waals surface area contributed by atoms with Gasteiger partial charge >= 0.3 is 0 Å². The van der Waals surface area contributed by atoms with Gasteiger partial charge in [-0.2, -0.15) is 0 Å². The molecule has 0 bridgehead atoms. The van der Waals surface area contributed by atoms with E-state index in [-0.39, 0.29) is 30.5 Å². The highest BCUT2D eigenvalue weighted by Crippen LogP contribution is 2.23. The monoisotopic (exact) mass is 285 g/mol. The summed E-state index contributed by atoms with van der Waals surface area (Å²) in [6.45, 7) is 4.17. The summed E-state index contributed by atoms with van der Waals surface area (Å²) in [5.74, 6) is -0.999. The molecule has 1 aromatic carbocycles. The van der Waals surface area contributed by atoms with E-state index in [1.807, 2.05) is 13.8 Å². The zero-order chi connectivity index (χ0) is 14.7. The summed E-state index contributed by atoms with van der Waals surface area (Å²) in [7, 11) is 0. The molecule has 3 nitrogen and oxygen atoms in total. The highest BCUT2D eigenvalue weighted by atomic mass is 19.1. The third kappa shape index (κ3) is 3.98. The largest absolute Gasteiger partial charge is 0.376 e. The summed E-state index contributed by atoms with van der Waals surface area (Å²) >= 11 is 0. The van der Waals surface area contributed by atoms with E-state index in [2.05, 4.69) is 0 Å². The molecule has 3 unspecified atom stereocenters. The fraction of sp³-hybridized carbons (Fsp3) is 0.600. The van der Waals surface area contributed by atoms with Gasteiger partial charge < -0.3 is 15.2 Å². The Hall–Kier alpha value is -1.04. The molecule has 1 fully saturated rings. The lowest BCUT2D eigenvalue weighted by molar-refractivity contribution is -0.103. The molecule has 1 aliphatic rings. The Balaban J connectivity index is 1.91. The van der Waals surface area contributed by atoms with Crippen LogP contribution in [0.25, 0.3) is 0 Å². The van der Waals surface area contributed by atoms with Gasteiger partial charge in [-0.15, -0.1) is 0 Å². The van der Waals surface area contributed by atoms with Gasteiger partial charge in [0, 0.05) is 5.56 Å². The Morgan fingerprint density at radius 3 is 2.60 bits per heavy atom. The highest BCUT2D eigenvalue weighted by molar-refractivity contribution is 5.22. The van der Waals surface area contributed by atoms with Crippen molar-refractivity contribution in [2.24, 2.45) is 5.73 Å². The summed E-state index contributed by atoms with van der Waals surface area (Å²) in [5, 5.41) is 0. The van der Waals surface area contributed by atoms with Crippen molar-refractivity contribution in [2.45, 2.75) is 51.0 Å². The first-order valence-electron chi connectivity index (χ1n) is 6.93. The van der Waals surface area contributed by atoms with E-state index in [1.165, 1.54) is 0 Å². The van der Waals surface area contributed by atoms with Crippen molar-refractivity contribution in [1.82, 2.24) is 0 Å². The van der Waals surface area contributed by atoms with E-state index in [4.69, 9.17) is 15.2 Å². The van der Waals surface area contributed by atoms with Crippen LogP contribution in [0, 0.1) is 11.6 Å². The second kappa shape index (κ2) is 6.61. The van der Waals surface area contributed by atoms with Gasteiger partial charge in [-0.25, -0.2) is 8.78 Å². The number of hydrogen-bond acceptors (Lipinski definition) is 3. The molecular formula is C15H21F2NO2.